The molecule has 0 spiro atoms. The standard InChI is InChI=1S/C14H13ClN2O3/c15-10-8-12(14(20)16-7-3-6-13(18)19)17-11-5-2-1-4-9(10)11/h1-2,4-5,8H,3,6-7H2,(H,16,20)(H,18,19). The van der Waals surface area contributed by atoms with E-state index in [1.165, 1.54) is 6.07 Å². The number of aromatic nitrogens is 1. The molecule has 2 N–H and O–H groups in total. The fraction of sp³-hybridized carbons (Fsp3) is 0.214. The summed E-state index contributed by atoms with van der Waals surface area (Å²) in [5.41, 5.74) is 0.875. The highest BCUT2D eigenvalue weighted by molar-refractivity contribution is 6.35. The largest absolute Gasteiger partial charge is 0.481 e. The number of carboxylic acids is 1. The summed E-state index contributed by atoms with van der Waals surface area (Å²) in [5.74, 6) is -1.24. The molecule has 0 saturated carbocycles. The number of nitrogens with zero attached hydrogens (tertiary/aromatic N) is 1. The maximum absolute atomic E-state index is 11.9. The van der Waals surface area contributed by atoms with Crippen molar-refractivity contribution in [2.75, 3.05) is 6.54 Å². The van der Waals surface area contributed by atoms with Crippen molar-refractivity contribution in [3.63, 3.8) is 0 Å². The maximum atomic E-state index is 11.9. The van der Waals surface area contributed by atoms with Gasteiger partial charge in [-0.25, -0.2) is 4.98 Å². The Balaban J connectivity index is 2.08. The number of nitrogens with one attached hydrogen (secondary N) is 1. The van der Waals surface area contributed by atoms with Crippen LogP contribution in [0.5, 0.6) is 0 Å². The lowest BCUT2D eigenvalue weighted by Gasteiger charge is -2.06. The Morgan fingerprint density at radius 2 is 2.05 bits per heavy atom. The van der Waals surface area contributed by atoms with Crippen molar-refractivity contribution < 1.29 is 14.7 Å². The normalized spacial score (nSPS) is 10.4. The van der Waals surface area contributed by atoms with Crippen LogP contribution in [0.3, 0.4) is 0 Å². The van der Waals surface area contributed by atoms with E-state index in [9.17, 15) is 9.59 Å². The first-order valence-corrected chi connectivity index (χ1v) is 6.51. The fourth-order valence-electron chi connectivity index (χ4n) is 1.78. The minimum absolute atomic E-state index is 0.0200. The molecule has 104 valence electrons. The molecule has 0 aliphatic carbocycles. The van der Waals surface area contributed by atoms with Gasteiger partial charge in [-0.05, 0) is 18.6 Å². The van der Waals surface area contributed by atoms with Crippen LogP contribution in [0.25, 0.3) is 10.9 Å². The van der Waals surface area contributed by atoms with Crippen molar-refractivity contribution in [2.45, 2.75) is 12.8 Å². The molecule has 20 heavy (non-hydrogen) atoms. The zero-order valence-electron chi connectivity index (χ0n) is 10.6. The van der Waals surface area contributed by atoms with E-state index >= 15 is 0 Å². The lowest BCUT2D eigenvalue weighted by atomic mass is 10.2. The number of benzene rings is 1. The summed E-state index contributed by atoms with van der Waals surface area (Å²) in [6, 6.07) is 8.79. The summed E-state index contributed by atoms with van der Waals surface area (Å²) < 4.78 is 0. The van der Waals surface area contributed by atoms with Crippen LogP contribution in [0.4, 0.5) is 0 Å². The number of hydrogen-bond donors (Lipinski definition) is 2. The molecule has 1 heterocycles. The van der Waals surface area contributed by atoms with Gasteiger partial charge in [-0.2, -0.15) is 0 Å². The third-order valence-electron chi connectivity index (χ3n) is 2.75. The maximum Gasteiger partial charge on any atom is 0.303 e. The van der Waals surface area contributed by atoms with Crippen molar-refractivity contribution >= 4 is 34.4 Å². The molecule has 2 aromatic rings. The van der Waals surface area contributed by atoms with Crippen LogP contribution in [-0.4, -0.2) is 28.5 Å². The lowest BCUT2D eigenvalue weighted by molar-refractivity contribution is -0.137. The van der Waals surface area contributed by atoms with Gasteiger partial charge in [0, 0.05) is 18.4 Å². The predicted molar refractivity (Wildman–Crippen MR) is 76.0 cm³/mol. The zero-order valence-corrected chi connectivity index (χ0v) is 11.4. The van der Waals surface area contributed by atoms with Gasteiger partial charge in [-0.15, -0.1) is 0 Å². The summed E-state index contributed by atoms with van der Waals surface area (Å²) in [6.45, 7) is 0.289. The molecule has 1 aromatic heterocycles. The Kier molecular flexibility index (Phi) is 4.53. The second-order valence-electron chi connectivity index (χ2n) is 4.26. The van der Waals surface area contributed by atoms with Crippen LogP contribution in [0.2, 0.25) is 5.02 Å². The highest BCUT2D eigenvalue weighted by Gasteiger charge is 2.10. The number of carbonyl (C=O) groups excluding carboxylic acids is 1. The van der Waals surface area contributed by atoms with Gasteiger partial charge in [0.15, 0.2) is 0 Å². The second-order valence-corrected chi connectivity index (χ2v) is 4.67. The van der Waals surface area contributed by atoms with Crippen LogP contribution < -0.4 is 5.32 Å². The van der Waals surface area contributed by atoms with E-state index in [0.29, 0.717) is 17.0 Å². The van der Waals surface area contributed by atoms with Crippen molar-refractivity contribution in [1.29, 1.82) is 0 Å². The van der Waals surface area contributed by atoms with Crippen LogP contribution in [-0.2, 0) is 4.79 Å². The van der Waals surface area contributed by atoms with Gasteiger partial charge in [0.1, 0.15) is 5.69 Å². The van der Waals surface area contributed by atoms with Crippen molar-refractivity contribution in [1.82, 2.24) is 10.3 Å². The van der Waals surface area contributed by atoms with Gasteiger partial charge in [0.25, 0.3) is 5.91 Å². The van der Waals surface area contributed by atoms with E-state index in [2.05, 4.69) is 10.3 Å². The third-order valence-corrected chi connectivity index (χ3v) is 3.06. The molecule has 5 nitrogen and oxygen atoms in total. The number of para-hydroxylation sites is 1. The van der Waals surface area contributed by atoms with Crippen LogP contribution in [0.1, 0.15) is 23.3 Å². The molecule has 1 aromatic carbocycles. The lowest BCUT2D eigenvalue weighted by Crippen LogP contribution is -2.25. The molecule has 0 radical (unpaired) electrons. The number of hydrogen-bond acceptors (Lipinski definition) is 3. The number of carbonyl (C=O) groups is 2. The van der Waals surface area contributed by atoms with Gasteiger partial charge < -0.3 is 10.4 Å². The minimum atomic E-state index is -0.883. The highest BCUT2D eigenvalue weighted by Crippen LogP contribution is 2.22. The summed E-state index contributed by atoms with van der Waals surface area (Å²) in [4.78, 5) is 26.5. The Morgan fingerprint density at radius 1 is 1.30 bits per heavy atom. The number of halogens is 1. The molecule has 0 bridgehead atoms. The van der Waals surface area contributed by atoms with Crippen LogP contribution in [0.15, 0.2) is 30.3 Å². The SMILES string of the molecule is O=C(O)CCCNC(=O)c1cc(Cl)c2ccccc2n1. The Bertz CT molecular complexity index is 658. The molecule has 1 amide bonds. The summed E-state index contributed by atoms with van der Waals surface area (Å²) in [5, 5.41) is 12.4. The molecule has 0 aliphatic rings. The van der Waals surface area contributed by atoms with E-state index in [1.54, 1.807) is 6.07 Å². The fourth-order valence-corrected chi connectivity index (χ4v) is 2.04. The van der Waals surface area contributed by atoms with Gasteiger partial charge in [-0.3, -0.25) is 9.59 Å². The molecule has 0 saturated heterocycles. The van der Waals surface area contributed by atoms with Gasteiger partial charge in [0.05, 0.1) is 10.5 Å². The minimum Gasteiger partial charge on any atom is -0.481 e. The number of fused-ring (bicyclic) bond motifs is 1. The molecule has 6 heteroatoms. The first-order valence-electron chi connectivity index (χ1n) is 6.13. The first-order chi connectivity index (χ1) is 9.58. The third kappa shape index (κ3) is 3.45. The predicted octanol–water partition coefficient (Wildman–Crippen LogP) is 2.48. The van der Waals surface area contributed by atoms with E-state index in [1.807, 2.05) is 18.2 Å². The Hall–Kier alpha value is -2.14. The number of pyridine rings is 1. The van der Waals surface area contributed by atoms with Gasteiger partial charge >= 0.3 is 5.97 Å². The monoisotopic (exact) mass is 292 g/mol. The molecule has 0 aliphatic heterocycles. The average Bonchev–Trinajstić information content (AvgIpc) is 2.43. The highest BCUT2D eigenvalue weighted by atomic mass is 35.5. The number of aliphatic carboxylic acids is 1. The Labute approximate surface area is 120 Å². The van der Waals surface area contributed by atoms with Crippen molar-refractivity contribution in [3.8, 4) is 0 Å². The average molecular weight is 293 g/mol. The first kappa shape index (κ1) is 14.3. The van der Waals surface area contributed by atoms with Gasteiger partial charge in [-0.1, -0.05) is 29.8 Å². The van der Waals surface area contributed by atoms with Gasteiger partial charge in [0.2, 0.25) is 0 Å². The molecule has 0 unspecified atom stereocenters. The quantitative estimate of drug-likeness (QED) is 0.830. The van der Waals surface area contributed by atoms with Crippen molar-refractivity contribution in [2.24, 2.45) is 0 Å². The summed E-state index contributed by atoms with van der Waals surface area (Å²) in [6.07, 6.45) is 0.397. The van der Waals surface area contributed by atoms with Crippen LogP contribution >= 0.6 is 11.6 Å². The summed E-state index contributed by atoms with van der Waals surface area (Å²) in [7, 11) is 0. The summed E-state index contributed by atoms with van der Waals surface area (Å²) >= 11 is 6.11. The van der Waals surface area contributed by atoms with E-state index < -0.39 is 5.97 Å². The zero-order chi connectivity index (χ0) is 14.5. The smallest absolute Gasteiger partial charge is 0.303 e. The number of amides is 1. The number of rotatable bonds is 5. The molecular formula is C14H13ClN2O3. The van der Waals surface area contributed by atoms with Crippen LogP contribution in [0, 0.1) is 0 Å². The Morgan fingerprint density at radius 3 is 2.80 bits per heavy atom. The molecule has 0 fully saturated rings. The molecule has 2 rings (SSSR count). The van der Waals surface area contributed by atoms with E-state index in [0.717, 1.165) is 5.39 Å². The second kappa shape index (κ2) is 6.34. The van der Waals surface area contributed by atoms with E-state index in [-0.39, 0.29) is 24.6 Å². The van der Waals surface area contributed by atoms with Crippen molar-refractivity contribution in [3.05, 3.63) is 41.0 Å². The number of carboxylic acid groups (broad SMARTS) is 1. The molecule has 0 atom stereocenters. The van der Waals surface area contributed by atoms with E-state index in [4.69, 9.17) is 16.7 Å². The molecular weight excluding hydrogens is 280 g/mol. The topological polar surface area (TPSA) is 79.3 Å².